The van der Waals surface area contributed by atoms with E-state index in [-0.39, 0.29) is 22.4 Å². The Hall–Kier alpha value is -2.39. The molecule has 2 aromatic rings. The van der Waals surface area contributed by atoms with E-state index in [9.17, 15) is 22.8 Å². The van der Waals surface area contributed by atoms with Crippen LogP contribution in [-0.2, 0) is 15.7 Å². The second-order valence-electron chi connectivity index (χ2n) is 5.47. The van der Waals surface area contributed by atoms with Crippen molar-refractivity contribution >= 4 is 41.3 Å². The first-order valence-corrected chi connectivity index (χ1v) is 8.43. The molecule has 1 aromatic heterocycles. The van der Waals surface area contributed by atoms with E-state index in [2.05, 4.69) is 17.4 Å². The summed E-state index contributed by atoms with van der Waals surface area (Å²) >= 11 is 9.55. The van der Waals surface area contributed by atoms with Gasteiger partial charge in [0.2, 0.25) is 0 Å². The number of nitrogens with zero attached hydrogens (tertiary/aromatic N) is 1. The first-order valence-electron chi connectivity index (χ1n) is 7.42. The van der Waals surface area contributed by atoms with Gasteiger partial charge in [-0.25, -0.2) is 9.36 Å². The van der Waals surface area contributed by atoms with Crippen LogP contribution >= 0.6 is 24.2 Å². The molecule has 0 fully saturated rings. The van der Waals surface area contributed by atoms with Crippen LogP contribution in [-0.4, -0.2) is 23.4 Å². The Morgan fingerprint density at radius 2 is 2.00 bits per heavy atom. The maximum atomic E-state index is 12.6. The molecule has 142 valence electrons. The molecular weight excluding hydrogens is 407 g/mol. The molecule has 0 saturated carbocycles. The van der Waals surface area contributed by atoms with Crippen LogP contribution in [0.1, 0.15) is 5.56 Å². The molecule has 2 aliphatic rings. The van der Waals surface area contributed by atoms with Crippen molar-refractivity contribution in [1.29, 1.82) is 0 Å². The fourth-order valence-corrected chi connectivity index (χ4v) is 2.87. The molecule has 0 amide bonds. The number of alkyl halides is 3. The van der Waals surface area contributed by atoms with Gasteiger partial charge in [0.05, 0.1) is 29.1 Å². The number of halogens is 4. The number of ether oxygens (including phenoxy) is 1. The number of fused-ring (bicyclic) bond motifs is 3. The zero-order valence-electron chi connectivity index (χ0n) is 13.6. The summed E-state index contributed by atoms with van der Waals surface area (Å²) in [4.78, 5) is 21.8. The molecule has 0 bridgehead atoms. The van der Waals surface area contributed by atoms with Crippen LogP contribution in [0.5, 0.6) is 0 Å². The minimum absolute atomic E-state index is 0.162. The smallest absolute Gasteiger partial charge is 0.424 e. The summed E-state index contributed by atoms with van der Waals surface area (Å²) in [6, 6.07) is 6.42. The van der Waals surface area contributed by atoms with Gasteiger partial charge in [-0.1, -0.05) is 11.6 Å². The first-order chi connectivity index (χ1) is 12.7. The molecule has 0 unspecified atom stereocenters. The molecule has 1 heterocycles. The fraction of sp³-hybridized carbons (Fsp3) is 0.176. The Bertz CT molecular complexity index is 1100. The van der Waals surface area contributed by atoms with Crippen molar-refractivity contribution in [3.05, 3.63) is 51.5 Å². The molecule has 4 rings (SSSR count). The number of oxazole rings is 1. The Morgan fingerprint density at radius 1 is 1.30 bits per heavy atom. The normalized spacial score (nSPS) is 11.8. The number of aromatic nitrogens is 1. The number of esters is 1. The van der Waals surface area contributed by atoms with Crippen LogP contribution in [0.3, 0.4) is 0 Å². The van der Waals surface area contributed by atoms with E-state index in [4.69, 9.17) is 16.0 Å². The first kappa shape index (κ1) is 19.4. The third-order valence-corrected chi connectivity index (χ3v) is 4.34. The molecule has 10 heteroatoms. The van der Waals surface area contributed by atoms with Gasteiger partial charge in [0.25, 0.3) is 0 Å². The predicted octanol–water partition coefficient (Wildman–Crippen LogP) is 4.33. The average molecular weight is 418 g/mol. The van der Waals surface area contributed by atoms with Crippen molar-refractivity contribution < 1.29 is 27.1 Å². The maximum absolute atomic E-state index is 12.6. The van der Waals surface area contributed by atoms with Gasteiger partial charge in [-0.05, 0) is 35.9 Å². The van der Waals surface area contributed by atoms with E-state index in [0.29, 0.717) is 11.1 Å². The minimum atomic E-state index is -4.49. The van der Waals surface area contributed by atoms with E-state index in [1.807, 2.05) is 6.07 Å². The highest BCUT2D eigenvalue weighted by atomic mass is 35.5. The van der Waals surface area contributed by atoms with Gasteiger partial charge in [0.1, 0.15) is 5.52 Å². The molecule has 0 aliphatic heterocycles. The van der Waals surface area contributed by atoms with Crippen LogP contribution in [0.2, 0.25) is 5.02 Å². The van der Waals surface area contributed by atoms with Crippen LogP contribution in [0.25, 0.3) is 27.9 Å². The number of thiol groups is 1. The van der Waals surface area contributed by atoms with Crippen molar-refractivity contribution in [2.75, 3.05) is 12.9 Å². The lowest BCUT2D eigenvalue weighted by atomic mass is 10.2. The van der Waals surface area contributed by atoms with Gasteiger partial charge in [-0.3, -0.25) is 4.79 Å². The lowest BCUT2D eigenvalue weighted by molar-refractivity contribution is -0.138. The summed E-state index contributed by atoms with van der Waals surface area (Å²) < 4.78 is 48.4. The lowest BCUT2D eigenvalue weighted by Gasteiger charge is -2.10. The second kappa shape index (κ2) is 6.97. The van der Waals surface area contributed by atoms with Crippen LogP contribution in [0.4, 0.5) is 13.2 Å². The largest absolute Gasteiger partial charge is 0.468 e. The number of carbonyl (C=O) groups excluding carboxylic acids is 1. The van der Waals surface area contributed by atoms with Crippen molar-refractivity contribution in [2.24, 2.45) is 0 Å². The molecular formula is C17H11ClF3NO4S. The third-order valence-electron chi connectivity index (χ3n) is 3.78. The average Bonchev–Trinajstić information content (AvgIpc) is 3.17. The number of hydrogen-bond acceptors (Lipinski definition) is 5. The third kappa shape index (κ3) is 3.70. The SMILES string of the molecule is COC(=O)CS.O=c1oc2cc3cc-3c2n1-c1ccc(C(F)(F)F)cc1Cl. The highest BCUT2D eigenvalue weighted by Gasteiger charge is 2.32. The minimum Gasteiger partial charge on any atom is -0.468 e. The lowest BCUT2D eigenvalue weighted by Crippen LogP contribution is -2.13. The van der Waals surface area contributed by atoms with E-state index in [0.717, 1.165) is 23.3 Å². The highest BCUT2D eigenvalue weighted by Crippen LogP contribution is 2.44. The Balaban J connectivity index is 0.000000307. The Kier molecular flexibility index (Phi) is 5.00. The molecule has 0 saturated heterocycles. The van der Waals surface area contributed by atoms with Crippen LogP contribution < -0.4 is 5.76 Å². The van der Waals surface area contributed by atoms with Gasteiger partial charge < -0.3 is 9.15 Å². The standard InChI is InChI=1S/C14H5ClF3NO2.C3H6O2S/c15-9-5-7(14(16,17)18)1-2-10(9)19-12-8-3-6(8)4-11(12)21-13(19)20;1-5-3(4)2-6/h1-5H;6H,2H2,1H3. The number of carbonyl (C=O) groups is 1. The second-order valence-corrected chi connectivity index (χ2v) is 6.20. The topological polar surface area (TPSA) is 61.4 Å². The quantitative estimate of drug-likeness (QED) is 0.389. The molecule has 1 aromatic carbocycles. The van der Waals surface area contributed by atoms with E-state index >= 15 is 0 Å². The van der Waals surface area contributed by atoms with Crippen LogP contribution in [0, 0.1) is 0 Å². The number of hydrogen-bond donors (Lipinski definition) is 1. The molecule has 27 heavy (non-hydrogen) atoms. The number of rotatable bonds is 2. The Labute approximate surface area is 160 Å². The van der Waals surface area contributed by atoms with Crippen LogP contribution in [0.15, 0.2) is 39.5 Å². The number of methoxy groups -OCH3 is 1. The molecule has 2 aliphatic carbocycles. The van der Waals surface area contributed by atoms with Crippen molar-refractivity contribution in [3.8, 4) is 16.8 Å². The zero-order valence-corrected chi connectivity index (χ0v) is 15.3. The molecule has 5 nitrogen and oxygen atoms in total. The highest BCUT2D eigenvalue weighted by molar-refractivity contribution is 7.81. The van der Waals surface area contributed by atoms with Gasteiger partial charge in [-0.2, -0.15) is 25.8 Å². The van der Waals surface area contributed by atoms with E-state index in [1.54, 1.807) is 6.07 Å². The molecule has 0 radical (unpaired) electrons. The molecule has 0 N–H and O–H groups in total. The van der Waals surface area contributed by atoms with Gasteiger partial charge in [-0.15, -0.1) is 0 Å². The summed E-state index contributed by atoms with van der Waals surface area (Å²) in [7, 11) is 1.33. The summed E-state index contributed by atoms with van der Waals surface area (Å²) in [6.45, 7) is 0. The predicted molar refractivity (Wildman–Crippen MR) is 96.7 cm³/mol. The van der Waals surface area contributed by atoms with E-state index < -0.39 is 17.5 Å². The number of benzene rings is 2. The molecule has 0 atom stereocenters. The van der Waals surface area contributed by atoms with Crippen molar-refractivity contribution in [3.63, 3.8) is 0 Å². The zero-order chi connectivity index (χ0) is 19.9. The van der Waals surface area contributed by atoms with Gasteiger partial charge >= 0.3 is 17.9 Å². The van der Waals surface area contributed by atoms with Gasteiger partial charge in [0, 0.05) is 5.56 Å². The summed E-state index contributed by atoms with van der Waals surface area (Å²) in [5.74, 6) is -0.806. The monoisotopic (exact) mass is 417 g/mol. The van der Waals surface area contributed by atoms with Crippen molar-refractivity contribution in [2.45, 2.75) is 6.18 Å². The summed E-state index contributed by atoms with van der Waals surface area (Å²) in [6.07, 6.45) is -4.49. The Morgan fingerprint density at radius 3 is 2.52 bits per heavy atom. The van der Waals surface area contributed by atoms with E-state index in [1.165, 1.54) is 17.7 Å². The summed E-state index contributed by atoms with van der Waals surface area (Å²) in [5.41, 5.74) is 2.06. The molecule has 0 spiro atoms. The van der Waals surface area contributed by atoms with Crippen molar-refractivity contribution in [1.82, 2.24) is 4.57 Å². The van der Waals surface area contributed by atoms with Gasteiger partial charge in [0.15, 0.2) is 5.58 Å². The maximum Gasteiger partial charge on any atom is 0.424 e. The fourth-order valence-electron chi connectivity index (χ4n) is 2.47. The summed E-state index contributed by atoms with van der Waals surface area (Å²) in [5, 5.41) is -0.162.